The Bertz CT molecular complexity index is 1130. The van der Waals surface area contributed by atoms with Gasteiger partial charge in [0.25, 0.3) is 0 Å². The van der Waals surface area contributed by atoms with E-state index in [1.165, 1.54) is 24.3 Å². The molecule has 0 atom stereocenters. The van der Waals surface area contributed by atoms with Crippen molar-refractivity contribution in [3.63, 3.8) is 0 Å². The molecule has 0 N–H and O–H groups in total. The van der Waals surface area contributed by atoms with Gasteiger partial charge in [-0.3, -0.25) is 0 Å². The molecule has 6 heteroatoms. The lowest BCUT2D eigenvalue weighted by Gasteiger charge is -2.15. The Morgan fingerprint density at radius 1 is 0.939 bits per heavy atom. The quantitative estimate of drug-likeness (QED) is 0.186. The molecule has 0 spiro atoms. The van der Waals surface area contributed by atoms with Gasteiger partial charge in [0.05, 0.1) is 5.56 Å². The fraction of sp³-hybridized carbons (Fsp3) is 0.222. The first-order valence-corrected chi connectivity index (χ1v) is 10.5. The van der Waals surface area contributed by atoms with E-state index < -0.39 is 5.97 Å². The van der Waals surface area contributed by atoms with Crippen LogP contribution in [0.2, 0.25) is 0 Å². The first kappa shape index (κ1) is 24.0. The van der Waals surface area contributed by atoms with Crippen molar-refractivity contribution < 1.29 is 23.4 Å². The summed E-state index contributed by atoms with van der Waals surface area (Å²) in [6, 6.07) is 14.9. The van der Waals surface area contributed by atoms with Gasteiger partial charge in [0, 0.05) is 26.9 Å². The minimum absolute atomic E-state index is 0.199. The summed E-state index contributed by atoms with van der Waals surface area (Å²) in [5, 5.41) is 0. The third-order valence-corrected chi connectivity index (χ3v) is 4.99. The fourth-order valence-electron chi connectivity index (χ4n) is 3.39. The Balaban J connectivity index is 1.87. The van der Waals surface area contributed by atoms with Crippen molar-refractivity contribution in [1.29, 1.82) is 0 Å². The third kappa shape index (κ3) is 6.43. The largest absolute Gasteiger partial charge is 0.467 e. The zero-order chi connectivity index (χ0) is 24.0. The minimum Gasteiger partial charge on any atom is -0.467 e. The molecule has 3 aromatic rings. The van der Waals surface area contributed by atoms with Crippen LogP contribution < -0.4 is 14.4 Å². The number of benzene rings is 3. The van der Waals surface area contributed by atoms with Crippen LogP contribution in [0, 0.1) is 19.7 Å². The molecular weight excluding hydrogens is 421 g/mol. The van der Waals surface area contributed by atoms with Crippen LogP contribution in [-0.4, -0.2) is 34.0 Å². The predicted octanol–water partition coefficient (Wildman–Crippen LogP) is 5.88. The summed E-state index contributed by atoms with van der Waals surface area (Å²) in [6.45, 7) is 4.18. The van der Waals surface area contributed by atoms with Crippen molar-refractivity contribution >= 4 is 23.8 Å². The topological polar surface area (TPSA) is 48.0 Å². The van der Waals surface area contributed by atoms with E-state index in [1.807, 2.05) is 63.2 Å². The molecule has 3 aromatic carbocycles. The van der Waals surface area contributed by atoms with Crippen LogP contribution in [0.1, 0.15) is 32.6 Å². The number of aryl methyl sites for hydroxylation is 2. The summed E-state index contributed by atoms with van der Waals surface area (Å²) in [7, 11) is 5.40. The van der Waals surface area contributed by atoms with Gasteiger partial charge >= 0.3 is 5.97 Å². The maximum atomic E-state index is 13.1. The van der Waals surface area contributed by atoms with Crippen molar-refractivity contribution in [3.8, 4) is 11.5 Å². The second-order valence-electron chi connectivity index (χ2n) is 7.92. The van der Waals surface area contributed by atoms with Crippen LogP contribution in [0.3, 0.4) is 0 Å². The average molecular weight is 450 g/mol. The van der Waals surface area contributed by atoms with E-state index in [4.69, 9.17) is 14.2 Å². The molecule has 3 rings (SSSR count). The van der Waals surface area contributed by atoms with E-state index in [1.54, 1.807) is 19.2 Å². The number of nitrogens with zero attached hydrogens (tertiary/aromatic N) is 1. The SMILES string of the molecule is COCOc1c(C)cc(C=Cc2cc(C(=O)Oc3ccc(F)cc3)cc(N(C)C)c2)cc1C. The van der Waals surface area contributed by atoms with Crippen molar-refractivity contribution in [1.82, 2.24) is 0 Å². The Hall–Kier alpha value is -3.64. The van der Waals surface area contributed by atoms with Crippen LogP contribution in [0.25, 0.3) is 12.2 Å². The minimum atomic E-state index is -0.508. The van der Waals surface area contributed by atoms with Gasteiger partial charge in [0.15, 0.2) is 6.79 Å². The Kier molecular flexibility index (Phi) is 7.85. The average Bonchev–Trinajstić information content (AvgIpc) is 2.78. The molecule has 0 unspecified atom stereocenters. The highest BCUT2D eigenvalue weighted by molar-refractivity contribution is 5.93. The van der Waals surface area contributed by atoms with Gasteiger partial charge in [-0.2, -0.15) is 0 Å². The fourth-order valence-corrected chi connectivity index (χ4v) is 3.39. The number of halogens is 1. The summed E-state index contributed by atoms with van der Waals surface area (Å²) in [5.74, 6) is 0.205. The third-order valence-electron chi connectivity index (χ3n) is 4.99. The van der Waals surface area contributed by atoms with Crippen molar-refractivity contribution in [2.75, 3.05) is 32.9 Å². The summed E-state index contributed by atoms with van der Waals surface area (Å²) in [6.07, 6.45) is 3.94. The van der Waals surface area contributed by atoms with Crippen molar-refractivity contribution in [2.24, 2.45) is 0 Å². The molecule has 0 bridgehead atoms. The molecule has 0 saturated heterocycles. The second-order valence-corrected chi connectivity index (χ2v) is 7.92. The van der Waals surface area contributed by atoms with Crippen molar-refractivity contribution in [2.45, 2.75) is 13.8 Å². The summed E-state index contributed by atoms with van der Waals surface area (Å²) < 4.78 is 29.2. The van der Waals surface area contributed by atoms with Crippen LogP contribution in [0.5, 0.6) is 11.5 Å². The molecule has 0 aliphatic rings. The van der Waals surface area contributed by atoms with E-state index in [0.29, 0.717) is 5.56 Å². The van der Waals surface area contributed by atoms with Crippen LogP contribution >= 0.6 is 0 Å². The number of methoxy groups -OCH3 is 1. The lowest BCUT2D eigenvalue weighted by molar-refractivity contribution is 0.0501. The maximum absolute atomic E-state index is 13.1. The number of anilines is 1. The summed E-state index contributed by atoms with van der Waals surface area (Å²) >= 11 is 0. The van der Waals surface area contributed by atoms with E-state index in [-0.39, 0.29) is 18.4 Å². The van der Waals surface area contributed by atoms with Gasteiger partial charge in [-0.05, 0) is 90.7 Å². The molecule has 0 amide bonds. The number of hydrogen-bond acceptors (Lipinski definition) is 5. The molecule has 0 saturated carbocycles. The molecule has 0 aliphatic carbocycles. The zero-order valence-electron chi connectivity index (χ0n) is 19.5. The number of esters is 1. The maximum Gasteiger partial charge on any atom is 0.343 e. The molecule has 0 heterocycles. The smallest absolute Gasteiger partial charge is 0.343 e. The lowest BCUT2D eigenvalue weighted by atomic mass is 10.0. The first-order chi connectivity index (χ1) is 15.8. The van der Waals surface area contributed by atoms with Crippen LogP contribution in [0.15, 0.2) is 54.6 Å². The number of carbonyl (C=O) groups is 1. The monoisotopic (exact) mass is 449 g/mol. The van der Waals surface area contributed by atoms with Crippen molar-refractivity contribution in [3.05, 3.63) is 88.2 Å². The van der Waals surface area contributed by atoms with Crippen LogP contribution in [0.4, 0.5) is 10.1 Å². The predicted molar refractivity (Wildman–Crippen MR) is 129 cm³/mol. The van der Waals surface area contributed by atoms with Gasteiger partial charge in [-0.25, -0.2) is 9.18 Å². The molecular formula is C27H28FNO4. The molecule has 0 aromatic heterocycles. The Labute approximate surface area is 194 Å². The molecule has 0 fully saturated rings. The molecule has 172 valence electrons. The van der Waals surface area contributed by atoms with Gasteiger partial charge in [-0.1, -0.05) is 12.2 Å². The first-order valence-electron chi connectivity index (χ1n) is 10.5. The highest BCUT2D eigenvalue weighted by Gasteiger charge is 2.12. The van der Waals surface area contributed by atoms with Gasteiger partial charge in [0.2, 0.25) is 0 Å². The van der Waals surface area contributed by atoms with Gasteiger partial charge in [0.1, 0.15) is 17.3 Å². The Morgan fingerprint density at radius 3 is 2.12 bits per heavy atom. The molecule has 33 heavy (non-hydrogen) atoms. The molecule has 0 aliphatic heterocycles. The highest BCUT2D eigenvalue weighted by atomic mass is 19.1. The number of hydrogen-bond donors (Lipinski definition) is 0. The van der Waals surface area contributed by atoms with E-state index in [0.717, 1.165) is 33.7 Å². The molecule has 5 nitrogen and oxygen atoms in total. The Morgan fingerprint density at radius 2 is 1.55 bits per heavy atom. The van der Waals surface area contributed by atoms with Crippen LogP contribution in [-0.2, 0) is 4.74 Å². The van der Waals surface area contributed by atoms with E-state index in [2.05, 4.69) is 0 Å². The highest BCUT2D eigenvalue weighted by Crippen LogP contribution is 2.27. The lowest BCUT2D eigenvalue weighted by Crippen LogP contribution is -2.13. The van der Waals surface area contributed by atoms with E-state index >= 15 is 0 Å². The normalized spacial score (nSPS) is 11.0. The van der Waals surface area contributed by atoms with Gasteiger partial charge in [-0.15, -0.1) is 0 Å². The van der Waals surface area contributed by atoms with E-state index in [9.17, 15) is 9.18 Å². The summed E-state index contributed by atoms with van der Waals surface area (Å²) in [4.78, 5) is 14.6. The molecule has 0 radical (unpaired) electrons. The second kappa shape index (κ2) is 10.8. The number of rotatable bonds is 8. The summed E-state index contributed by atoms with van der Waals surface area (Å²) in [5.41, 5.74) is 5.15. The van der Waals surface area contributed by atoms with Gasteiger partial charge < -0.3 is 19.1 Å². The standard InChI is InChI=1S/C27H28FNO4/c1-18-12-20(13-19(2)26(18)32-17-31-5)6-7-21-14-22(16-24(15-21)29(3)4)27(30)33-25-10-8-23(28)9-11-25/h6-16H,17H2,1-5H3. The zero-order valence-corrected chi connectivity index (χ0v) is 19.5. The number of carbonyl (C=O) groups excluding carboxylic acids is 1. The number of ether oxygens (including phenoxy) is 3.